The minimum atomic E-state index is -0.0681. The number of benzene rings is 1. The van der Waals surface area contributed by atoms with Crippen molar-refractivity contribution < 1.29 is 14.2 Å². The first kappa shape index (κ1) is 15.6. The molecule has 1 aromatic rings. The number of nitrogens with two attached hydrogens (primary N) is 1. The Morgan fingerprint density at radius 3 is 2.45 bits per heavy atom. The Hall–Kier alpha value is -0.810. The summed E-state index contributed by atoms with van der Waals surface area (Å²) in [5.74, 6) is 0.821. The zero-order chi connectivity index (χ0) is 14.7. The third-order valence-electron chi connectivity index (χ3n) is 3.59. The molecule has 0 spiro atoms. The van der Waals surface area contributed by atoms with Crippen LogP contribution in [0.4, 0.5) is 0 Å². The molecule has 3 atom stereocenters. The van der Waals surface area contributed by atoms with E-state index in [0.29, 0.717) is 13.2 Å². The van der Waals surface area contributed by atoms with Gasteiger partial charge < -0.3 is 19.9 Å². The summed E-state index contributed by atoms with van der Waals surface area (Å²) in [7, 11) is 1.65. The Bertz CT molecular complexity index is 443. The van der Waals surface area contributed by atoms with Gasteiger partial charge in [0.15, 0.2) is 0 Å². The van der Waals surface area contributed by atoms with E-state index < -0.39 is 0 Å². The average Bonchev–Trinajstić information content (AvgIpc) is 2.40. The minimum absolute atomic E-state index is 0.00170. The number of rotatable bonds is 6. The van der Waals surface area contributed by atoms with Gasteiger partial charge in [0.25, 0.3) is 0 Å². The molecule has 20 heavy (non-hydrogen) atoms. The lowest BCUT2D eigenvalue weighted by atomic mass is 9.86. The van der Waals surface area contributed by atoms with Crippen molar-refractivity contribution in [2.75, 3.05) is 20.3 Å². The van der Waals surface area contributed by atoms with E-state index >= 15 is 0 Å². The van der Waals surface area contributed by atoms with Crippen LogP contribution in [0.1, 0.15) is 17.5 Å². The van der Waals surface area contributed by atoms with E-state index in [9.17, 15) is 0 Å². The topological polar surface area (TPSA) is 53.7 Å². The maximum Gasteiger partial charge on any atom is 0.128 e. The molecule has 2 N–H and O–H groups in total. The first-order valence-corrected chi connectivity index (χ1v) is 7.20. The summed E-state index contributed by atoms with van der Waals surface area (Å²) in [5, 5.41) is 0.788. The zero-order valence-electron chi connectivity index (χ0n) is 12.2. The molecule has 2 rings (SSSR count). The van der Waals surface area contributed by atoms with Gasteiger partial charge in [0, 0.05) is 24.6 Å². The standard InChI is InChI=1S/C15H22ClNO3/c1-9-6-11(7-10(2)14(9)16)20-13-8-12(17)15(13)19-5-4-18-3/h6-7,12-13,15H,4-5,8,17H2,1-3H3. The van der Waals surface area contributed by atoms with Crippen molar-refractivity contribution >= 4 is 11.6 Å². The van der Waals surface area contributed by atoms with Crippen LogP contribution in [0.25, 0.3) is 0 Å². The van der Waals surface area contributed by atoms with Crippen LogP contribution < -0.4 is 10.5 Å². The molecule has 1 aliphatic carbocycles. The third kappa shape index (κ3) is 3.44. The number of methoxy groups -OCH3 is 1. The molecule has 0 saturated heterocycles. The highest BCUT2D eigenvalue weighted by Crippen LogP contribution is 2.31. The van der Waals surface area contributed by atoms with Crippen molar-refractivity contribution in [3.05, 3.63) is 28.3 Å². The molecule has 112 valence electrons. The van der Waals surface area contributed by atoms with Gasteiger partial charge in [-0.1, -0.05) is 11.6 Å². The SMILES string of the molecule is COCCOC1C(N)CC1Oc1cc(C)c(Cl)c(C)c1. The van der Waals surface area contributed by atoms with E-state index in [1.54, 1.807) is 7.11 Å². The maximum absolute atomic E-state index is 6.16. The van der Waals surface area contributed by atoms with E-state index in [0.717, 1.165) is 28.3 Å². The summed E-state index contributed by atoms with van der Waals surface area (Å²) < 4.78 is 16.6. The molecule has 0 heterocycles. The van der Waals surface area contributed by atoms with Gasteiger partial charge in [-0.3, -0.25) is 0 Å². The highest BCUT2D eigenvalue weighted by Gasteiger charge is 2.41. The van der Waals surface area contributed by atoms with Crippen molar-refractivity contribution in [1.82, 2.24) is 0 Å². The fourth-order valence-corrected chi connectivity index (χ4v) is 2.49. The Morgan fingerprint density at radius 2 is 1.90 bits per heavy atom. The molecule has 4 nitrogen and oxygen atoms in total. The number of halogens is 1. The fourth-order valence-electron chi connectivity index (χ4n) is 2.38. The molecule has 0 radical (unpaired) electrons. The van der Waals surface area contributed by atoms with Crippen molar-refractivity contribution in [1.29, 1.82) is 0 Å². The van der Waals surface area contributed by atoms with Crippen LogP contribution in [0.15, 0.2) is 12.1 Å². The lowest BCUT2D eigenvalue weighted by molar-refractivity contribution is -0.107. The summed E-state index contributed by atoms with van der Waals surface area (Å²) in [4.78, 5) is 0. The van der Waals surface area contributed by atoms with Gasteiger partial charge in [-0.05, 0) is 37.1 Å². The molecule has 1 saturated carbocycles. The van der Waals surface area contributed by atoms with Gasteiger partial charge in [0.1, 0.15) is 18.0 Å². The summed E-state index contributed by atoms with van der Waals surface area (Å²) in [5.41, 5.74) is 8.00. The van der Waals surface area contributed by atoms with E-state index in [4.69, 9.17) is 31.5 Å². The Balaban J connectivity index is 1.96. The Morgan fingerprint density at radius 1 is 1.25 bits per heavy atom. The predicted octanol–water partition coefficient (Wildman–Crippen LogP) is 2.47. The van der Waals surface area contributed by atoms with Crippen LogP contribution in [0.2, 0.25) is 5.02 Å². The Kier molecular flexibility index (Phi) is 5.27. The molecule has 0 aliphatic heterocycles. The lowest BCUT2D eigenvalue weighted by Gasteiger charge is -2.41. The lowest BCUT2D eigenvalue weighted by Crippen LogP contribution is -2.59. The Labute approximate surface area is 125 Å². The summed E-state index contributed by atoms with van der Waals surface area (Å²) in [6.07, 6.45) is 0.738. The predicted molar refractivity (Wildman–Crippen MR) is 79.6 cm³/mol. The third-order valence-corrected chi connectivity index (χ3v) is 4.18. The van der Waals surface area contributed by atoms with Gasteiger partial charge in [-0.15, -0.1) is 0 Å². The quantitative estimate of drug-likeness (QED) is 0.820. The largest absolute Gasteiger partial charge is 0.488 e. The number of hydrogen-bond acceptors (Lipinski definition) is 4. The normalized spacial score (nSPS) is 25.4. The van der Waals surface area contributed by atoms with Gasteiger partial charge in [0.2, 0.25) is 0 Å². The summed E-state index contributed by atoms with van der Waals surface area (Å²) in [6, 6.07) is 3.93. The van der Waals surface area contributed by atoms with Gasteiger partial charge >= 0.3 is 0 Å². The van der Waals surface area contributed by atoms with Crippen LogP contribution in [-0.4, -0.2) is 38.6 Å². The molecule has 1 aromatic carbocycles. The number of ether oxygens (including phenoxy) is 3. The highest BCUT2D eigenvalue weighted by atomic mass is 35.5. The van der Waals surface area contributed by atoms with Crippen molar-refractivity contribution in [3.63, 3.8) is 0 Å². The summed E-state index contributed by atoms with van der Waals surface area (Å²) >= 11 is 6.16. The number of hydrogen-bond donors (Lipinski definition) is 1. The maximum atomic E-state index is 6.16. The smallest absolute Gasteiger partial charge is 0.128 e. The van der Waals surface area contributed by atoms with Gasteiger partial charge in [0.05, 0.1) is 13.2 Å². The van der Waals surface area contributed by atoms with E-state index in [1.807, 2.05) is 26.0 Å². The van der Waals surface area contributed by atoms with Crippen molar-refractivity contribution in [2.24, 2.45) is 5.73 Å². The minimum Gasteiger partial charge on any atom is -0.488 e. The van der Waals surface area contributed by atoms with Crippen LogP contribution in [0.3, 0.4) is 0 Å². The molecule has 5 heteroatoms. The van der Waals surface area contributed by atoms with Gasteiger partial charge in [-0.25, -0.2) is 0 Å². The second-order valence-corrected chi connectivity index (χ2v) is 5.63. The van der Waals surface area contributed by atoms with Crippen LogP contribution in [-0.2, 0) is 9.47 Å². The molecule has 1 fully saturated rings. The van der Waals surface area contributed by atoms with E-state index in [2.05, 4.69) is 0 Å². The van der Waals surface area contributed by atoms with Crippen LogP contribution in [0, 0.1) is 13.8 Å². The fraction of sp³-hybridized carbons (Fsp3) is 0.600. The first-order valence-electron chi connectivity index (χ1n) is 6.82. The molecule has 0 amide bonds. The molecular weight excluding hydrogens is 278 g/mol. The molecule has 3 unspecified atom stereocenters. The molecular formula is C15H22ClNO3. The second-order valence-electron chi connectivity index (χ2n) is 5.26. The van der Waals surface area contributed by atoms with E-state index in [1.165, 1.54) is 0 Å². The highest BCUT2D eigenvalue weighted by molar-refractivity contribution is 6.32. The monoisotopic (exact) mass is 299 g/mol. The molecule has 0 aromatic heterocycles. The number of aryl methyl sites for hydroxylation is 2. The van der Waals surface area contributed by atoms with Crippen LogP contribution >= 0.6 is 11.6 Å². The second kappa shape index (κ2) is 6.76. The first-order chi connectivity index (χ1) is 9.52. The van der Waals surface area contributed by atoms with E-state index in [-0.39, 0.29) is 18.2 Å². The van der Waals surface area contributed by atoms with Crippen LogP contribution in [0.5, 0.6) is 5.75 Å². The summed E-state index contributed by atoms with van der Waals surface area (Å²) in [6.45, 7) is 5.05. The molecule has 0 bridgehead atoms. The van der Waals surface area contributed by atoms with Crippen molar-refractivity contribution in [2.45, 2.75) is 38.5 Å². The van der Waals surface area contributed by atoms with Crippen molar-refractivity contribution in [3.8, 4) is 5.75 Å². The zero-order valence-corrected chi connectivity index (χ0v) is 12.9. The average molecular weight is 300 g/mol. The van der Waals surface area contributed by atoms with Gasteiger partial charge in [-0.2, -0.15) is 0 Å². The molecule has 1 aliphatic rings.